The average Bonchev–Trinajstić information content (AvgIpc) is 3.26. The molecule has 32 heavy (non-hydrogen) atoms. The van der Waals surface area contributed by atoms with E-state index in [1.807, 2.05) is 0 Å². The Balaban J connectivity index is 1.42. The monoisotopic (exact) mass is 479 g/mol. The SMILES string of the molecule is N#C[C@@H]1CSCN1C(=O)CNCCc1ccc(S(=O)(=O)NC(=O)NC2CCCCC2)cc1. The van der Waals surface area contributed by atoms with E-state index in [9.17, 15) is 18.0 Å². The fraction of sp³-hybridized carbons (Fsp3) is 0.571. The van der Waals surface area contributed by atoms with Gasteiger partial charge in [0.2, 0.25) is 5.91 Å². The van der Waals surface area contributed by atoms with Crippen LogP contribution in [0.25, 0.3) is 0 Å². The third kappa shape index (κ3) is 6.85. The quantitative estimate of drug-likeness (QED) is 0.482. The number of sulfonamides is 1. The lowest BCUT2D eigenvalue weighted by Gasteiger charge is -2.22. The number of urea groups is 1. The lowest BCUT2D eigenvalue weighted by Crippen LogP contribution is -2.45. The van der Waals surface area contributed by atoms with Gasteiger partial charge in [0.15, 0.2) is 0 Å². The Hall–Kier alpha value is -2.29. The second kappa shape index (κ2) is 11.5. The Morgan fingerprint density at radius 2 is 1.88 bits per heavy atom. The molecule has 2 fully saturated rings. The Morgan fingerprint density at radius 3 is 2.56 bits per heavy atom. The van der Waals surface area contributed by atoms with Crippen molar-refractivity contribution in [2.24, 2.45) is 0 Å². The van der Waals surface area contributed by atoms with E-state index < -0.39 is 16.1 Å². The summed E-state index contributed by atoms with van der Waals surface area (Å²) in [5.41, 5.74) is 0.905. The molecule has 11 heteroatoms. The number of amides is 3. The van der Waals surface area contributed by atoms with Crippen LogP contribution in [0.1, 0.15) is 37.7 Å². The van der Waals surface area contributed by atoms with Crippen LogP contribution in [0.5, 0.6) is 0 Å². The van der Waals surface area contributed by atoms with Crippen LogP contribution < -0.4 is 15.4 Å². The van der Waals surface area contributed by atoms with Gasteiger partial charge in [-0.05, 0) is 43.5 Å². The Bertz CT molecular complexity index is 940. The Labute approximate surface area is 193 Å². The summed E-state index contributed by atoms with van der Waals surface area (Å²) in [7, 11) is -3.94. The fourth-order valence-corrected chi connectivity index (χ4v) is 5.82. The van der Waals surface area contributed by atoms with Gasteiger partial charge >= 0.3 is 6.03 Å². The van der Waals surface area contributed by atoms with Crippen LogP contribution in [-0.4, -0.2) is 62.1 Å². The van der Waals surface area contributed by atoms with Gasteiger partial charge in [0.1, 0.15) is 6.04 Å². The van der Waals surface area contributed by atoms with Crippen molar-refractivity contribution in [2.75, 3.05) is 24.7 Å². The molecular formula is C21H29N5O4S2. The first-order valence-corrected chi connectivity index (χ1v) is 13.4. The maximum Gasteiger partial charge on any atom is 0.328 e. The molecular weight excluding hydrogens is 450 g/mol. The minimum absolute atomic E-state index is 0.0238. The molecule has 0 unspecified atom stereocenters. The molecule has 3 amide bonds. The first-order valence-electron chi connectivity index (χ1n) is 10.8. The van der Waals surface area contributed by atoms with Crippen molar-refractivity contribution in [2.45, 2.75) is 55.5 Å². The zero-order valence-electron chi connectivity index (χ0n) is 17.9. The van der Waals surface area contributed by atoms with E-state index in [-0.39, 0.29) is 29.4 Å². The van der Waals surface area contributed by atoms with E-state index in [0.29, 0.717) is 24.6 Å². The number of thioether (sulfide) groups is 1. The molecule has 0 spiro atoms. The van der Waals surface area contributed by atoms with Gasteiger partial charge in [-0.1, -0.05) is 31.4 Å². The standard InChI is InChI=1S/C21H29N5O4S2/c22-12-18-14-31-15-26(18)20(27)13-23-11-10-16-6-8-19(9-7-16)32(29,30)25-21(28)24-17-4-2-1-3-5-17/h6-9,17-18,23H,1-5,10-11,13-15H2,(H2,24,25,28)/t18-/m1/s1. The minimum Gasteiger partial charge on any atom is -0.335 e. The molecule has 3 rings (SSSR count). The molecule has 174 valence electrons. The maximum atomic E-state index is 12.5. The summed E-state index contributed by atoms with van der Waals surface area (Å²) < 4.78 is 27.0. The van der Waals surface area contributed by atoms with Gasteiger partial charge in [0.05, 0.1) is 23.4 Å². The topological polar surface area (TPSA) is 131 Å². The van der Waals surface area contributed by atoms with Crippen LogP contribution in [0, 0.1) is 11.3 Å². The van der Waals surface area contributed by atoms with Crippen molar-refractivity contribution in [1.82, 2.24) is 20.3 Å². The van der Waals surface area contributed by atoms with Crippen molar-refractivity contribution in [1.29, 1.82) is 5.26 Å². The minimum atomic E-state index is -3.94. The second-order valence-corrected chi connectivity index (χ2v) is 10.7. The predicted octanol–water partition coefficient (Wildman–Crippen LogP) is 1.56. The number of nitrogens with one attached hydrogen (secondary N) is 3. The van der Waals surface area contributed by atoms with Gasteiger partial charge in [-0.25, -0.2) is 17.9 Å². The highest BCUT2D eigenvalue weighted by atomic mass is 32.2. The first-order chi connectivity index (χ1) is 15.4. The van der Waals surface area contributed by atoms with Crippen LogP contribution in [0.2, 0.25) is 0 Å². The van der Waals surface area contributed by atoms with Gasteiger partial charge in [0.25, 0.3) is 10.0 Å². The molecule has 1 aliphatic heterocycles. The molecule has 0 radical (unpaired) electrons. The van der Waals surface area contributed by atoms with Gasteiger partial charge in [-0.15, -0.1) is 11.8 Å². The maximum absolute atomic E-state index is 12.5. The highest BCUT2D eigenvalue weighted by Gasteiger charge is 2.28. The highest BCUT2D eigenvalue weighted by molar-refractivity contribution is 7.99. The molecule has 2 aliphatic rings. The molecule has 1 saturated carbocycles. The average molecular weight is 480 g/mol. The lowest BCUT2D eigenvalue weighted by atomic mass is 9.96. The summed E-state index contributed by atoms with van der Waals surface area (Å²) in [6.07, 6.45) is 5.59. The molecule has 1 aliphatic carbocycles. The molecule has 1 aromatic carbocycles. The number of benzene rings is 1. The van der Waals surface area contributed by atoms with Gasteiger partial charge in [-0.3, -0.25) is 4.79 Å². The predicted molar refractivity (Wildman–Crippen MR) is 122 cm³/mol. The summed E-state index contributed by atoms with van der Waals surface area (Å²) >= 11 is 1.57. The molecule has 9 nitrogen and oxygen atoms in total. The highest BCUT2D eigenvalue weighted by Crippen LogP contribution is 2.20. The zero-order chi connectivity index (χ0) is 23.0. The normalized spacial score (nSPS) is 19.3. The van der Waals surface area contributed by atoms with Crippen LogP contribution in [0.4, 0.5) is 4.79 Å². The third-order valence-corrected chi connectivity index (χ3v) is 7.98. The van der Waals surface area contributed by atoms with Gasteiger partial charge in [0, 0.05) is 11.8 Å². The summed E-state index contributed by atoms with van der Waals surface area (Å²) in [5, 5.41) is 14.9. The van der Waals surface area contributed by atoms with Crippen LogP contribution in [0.3, 0.4) is 0 Å². The van der Waals surface area contributed by atoms with Crippen molar-refractivity contribution >= 4 is 33.7 Å². The van der Waals surface area contributed by atoms with E-state index in [1.54, 1.807) is 28.8 Å². The number of hydrogen-bond acceptors (Lipinski definition) is 7. The van der Waals surface area contributed by atoms with Crippen molar-refractivity contribution in [3.05, 3.63) is 29.8 Å². The smallest absolute Gasteiger partial charge is 0.328 e. The molecule has 0 bridgehead atoms. The summed E-state index contributed by atoms with van der Waals surface area (Å²) in [6.45, 7) is 0.698. The molecule has 3 N–H and O–H groups in total. The second-order valence-electron chi connectivity index (χ2n) is 7.99. The zero-order valence-corrected chi connectivity index (χ0v) is 19.5. The molecule has 0 aromatic heterocycles. The Kier molecular flexibility index (Phi) is 8.78. The van der Waals surface area contributed by atoms with Crippen LogP contribution >= 0.6 is 11.8 Å². The van der Waals surface area contributed by atoms with Crippen molar-refractivity contribution in [3.63, 3.8) is 0 Å². The van der Waals surface area contributed by atoms with Gasteiger partial charge in [-0.2, -0.15) is 5.26 Å². The molecule has 1 atom stereocenters. The van der Waals surface area contributed by atoms with Crippen LogP contribution in [0.15, 0.2) is 29.2 Å². The Morgan fingerprint density at radius 1 is 1.16 bits per heavy atom. The van der Waals surface area contributed by atoms with Crippen molar-refractivity contribution < 1.29 is 18.0 Å². The number of rotatable bonds is 8. The molecule has 1 aromatic rings. The summed E-state index contributed by atoms with van der Waals surface area (Å²) in [4.78, 5) is 25.9. The van der Waals surface area contributed by atoms with Gasteiger partial charge < -0.3 is 15.5 Å². The summed E-state index contributed by atoms with van der Waals surface area (Å²) in [5.74, 6) is 1.09. The number of nitriles is 1. The summed E-state index contributed by atoms with van der Waals surface area (Å²) in [6, 6.07) is 7.44. The van der Waals surface area contributed by atoms with E-state index in [4.69, 9.17) is 5.26 Å². The largest absolute Gasteiger partial charge is 0.335 e. The number of carbonyl (C=O) groups excluding carboxylic acids is 2. The number of carbonyl (C=O) groups is 2. The van der Waals surface area contributed by atoms with Crippen LogP contribution in [-0.2, 0) is 21.2 Å². The molecule has 1 heterocycles. The number of nitrogens with zero attached hydrogens (tertiary/aromatic N) is 2. The van der Waals surface area contributed by atoms with E-state index in [2.05, 4.69) is 21.4 Å². The van der Waals surface area contributed by atoms with Crippen molar-refractivity contribution in [3.8, 4) is 6.07 Å². The lowest BCUT2D eigenvalue weighted by molar-refractivity contribution is -0.129. The third-order valence-electron chi connectivity index (χ3n) is 5.62. The first kappa shape index (κ1) is 24.4. The van der Waals surface area contributed by atoms with E-state index in [1.165, 1.54) is 12.1 Å². The molecule has 1 saturated heterocycles. The van der Waals surface area contributed by atoms with E-state index >= 15 is 0 Å². The number of hydrogen-bond donors (Lipinski definition) is 3. The fourth-order valence-electron chi connectivity index (χ4n) is 3.80. The van der Waals surface area contributed by atoms with E-state index in [0.717, 1.165) is 37.7 Å².